The molecule has 1 heterocycles. The van der Waals surface area contributed by atoms with Crippen molar-refractivity contribution in [1.29, 1.82) is 0 Å². The summed E-state index contributed by atoms with van der Waals surface area (Å²) in [6.07, 6.45) is 0. The molecule has 0 spiro atoms. The standard InChI is InChI=1S/C21H20N2O3S/c1-15-12-19(24)23(13-16-8-10-18(11-9-16)20(25)26-2)21(22-15)27-14-17-6-4-3-5-7-17/h3-12H,13-14H2,1-2H3. The number of carbonyl (C=O) groups excluding carboxylic acids is 1. The molecule has 0 saturated heterocycles. The van der Waals surface area contributed by atoms with Gasteiger partial charge in [-0.3, -0.25) is 9.36 Å². The third-order valence-corrected chi connectivity index (χ3v) is 5.08. The molecule has 3 aromatic rings. The molecule has 0 saturated carbocycles. The van der Waals surface area contributed by atoms with Crippen LogP contribution in [0.3, 0.4) is 0 Å². The third-order valence-electron chi connectivity index (χ3n) is 4.03. The molecule has 0 atom stereocenters. The van der Waals surface area contributed by atoms with Crippen molar-refractivity contribution in [3.63, 3.8) is 0 Å². The van der Waals surface area contributed by atoms with E-state index in [4.69, 9.17) is 4.74 Å². The summed E-state index contributed by atoms with van der Waals surface area (Å²) in [5.41, 5.74) is 3.18. The molecule has 2 aromatic carbocycles. The minimum atomic E-state index is -0.380. The number of carbonyl (C=O) groups is 1. The average molecular weight is 380 g/mol. The van der Waals surface area contributed by atoms with Crippen LogP contribution in [-0.4, -0.2) is 22.6 Å². The summed E-state index contributed by atoms with van der Waals surface area (Å²) in [4.78, 5) is 28.6. The number of ether oxygens (including phenoxy) is 1. The Balaban J connectivity index is 1.84. The molecule has 27 heavy (non-hydrogen) atoms. The van der Waals surface area contributed by atoms with Crippen LogP contribution in [0, 0.1) is 6.92 Å². The fourth-order valence-electron chi connectivity index (χ4n) is 2.62. The molecule has 0 fully saturated rings. The van der Waals surface area contributed by atoms with Gasteiger partial charge in [-0.25, -0.2) is 9.78 Å². The average Bonchev–Trinajstić information content (AvgIpc) is 2.69. The number of benzene rings is 2. The largest absolute Gasteiger partial charge is 0.465 e. The van der Waals surface area contributed by atoms with Crippen molar-refractivity contribution >= 4 is 17.7 Å². The number of hydrogen-bond acceptors (Lipinski definition) is 5. The maximum atomic E-state index is 12.5. The second-order valence-electron chi connectivity index (χ2n) is 6.07. The highest BCUT2D eigenvalue weighted by Crippen LogP contribution is 2.21. The number of aryl methyl sites for hydroxylation is 1. The lowest BCUT2D eigenvalue weighted by molar-refractivity contribution is 0.0600. The lowest BCUT2D eigenvalue weighted by atomic mass is 10.1. The van der Waals surface area contributed by atoms with Crippen LogP contribution in [-0.2, 0) is 17.0 Å². The lowest BCUT2D eigenvalue weighted by Gasteiger charge is -2.12. The van der Waals surface area contributed by atoms with E-state index in [1.54, 1.807) is 16.7 Å². The number of nitrogens with zero attached hydrogens (tertiary/aromatic N) is 2. The molecule has 6 heteroatoms. The molecule has 0 aliphatic rings. The number of hydrogen-bond donors (Lipinski definition) is 0. The van der Waals surface area contributed by atoms with Crippen molar-refractivity contribution in [2.24, 2.45) is 0 Å². The zero-order chi connectivity index (χ0) is 19.2. The molecule has 0 unspecified atom stereocenters. The minimum absolute atomic E-state index is 0.0879. The molecule has 5 nitrogen and oxygen atoms in total. The molecule has 1 aromatic heterocycles. The Morgan fingerprint density at radius 2 is 1.78 bits per heavy atom. The molecule has 0 N–H and O–H groups in total. The smallest absolute Gasteiger partial charge is 0.337 e. The van der Waals surface area contributed by atoms with Gasteiger partial charge in [0.2, 0.25) is 0 Å². The van der Waals surface area contributed by atoms with E-state index >= 15 is 0 Å². The van der Waals surface area contributed by atoms with Gasteiger partial charge in [-0.05, 0) is 30.2 Å². The second-order valence-corrected chi connectivity index (χ2v) is 7.01. The zero-order valence-corrected chi connectivity index (χ0v) is 16.0. The molecular formula is C21H20N2O3S. The summed E-state index contributed by atoms with van der Waals surface area (Å²) in [7, 11) is 1.35. The number of esters is 1. The molecule has 0 radical (unpaired) electrons. The first-order valence-corrected chi connectivity index (χ1v) is 9.48. The minimum Gasteiger partial charge on any atom is -0.465 e. The molecular weight excluding hydrogens is 360 g/mol. The zero-order valence-electron chi connectivity index (χ0n) is 15.2. The van der Waals surface area contributed by atoms with Gasteiger partial charge >= 0.3 is 5.97 Å². The maximum absolute atomic E-state index is 12.5. The lowest BCUT2D eigenvalue weighted by Crippen LogP contribution is -2.23. The van der Waals surface area contributed by atoms with E-state index < -0.39 is 0 Å². The van der Waals surface area contributed by atoms with Crippen LogP contribution >= 0.6 is 11.8 Å². The van der Waals surface area contributed by atoms with Gasteiger partial charge in [0.15, 0.2) is 5.16 Å². The number of rotatable bonds is 6. The van der Waals surface area contributed by atoms with Crippen molar-refractivity contribution in [3.05, 3.63) is 93.4 Å². The summed E-state index contributed by atoms with van der Waals surface area (Å²) in [6, 6.07) is 18.7. The van der Waals surface area contributed by atoms with Crippen LogP contribution in [0.25, 0.3) is 0 Å². The third kappa shape index (κ3) is 4.86. The number of methoxy groups -OCH3 is 1. The van der Waals surface area contributed by atoms with Crippen molar-refractivity contribution < 1.29 is 9.53 Å². The Morgan fingerprint density at radius 3 is 2.44 bits per heavy atom. The molecule has 0 amide bonds. The van der Waals surface area contributed by atoms with Gasteiger partial charge in [0.25, 0.3) is 5.56 Å². The first kappa shape index (κ1) is 18.9. The highest BCUT2D eigenvalue weighted by atomic mass is 32.2. The van der Waals surface area contributed by atoms with E-state index in [0.717, 1.165) is 11.3 Å². The summed E-state index contributed by atoms with van der Waals surface area (Å²) in [5, 5.41) is 0.681. The first-order chi connectivity index (χ1) is 13.1. The predicted octanol–water partition coefficient (Wildman–Crippen LogP) is 3.68. The Morgan fingerprint density at radius 1 is 1.07 bits per heavy atom. The van der Waals surface area contributed by atoms with Gasteiger partial charge in [-0.15, -0.1) is 0 Å². The molecule has 3 rings (SSSR count). The van der Waals surface area contributed by atoms with Crippen LogP contribution in [0.15, 0.2) is 70.6 Å². The number of aromatic nitrogens is 2. The molecule has 0 bridgehead atoms. The molecule has 138 valence electrons. The fourth-order valence-corrected chi connectivity index (χ4v) is 3.63. The van der Waals surface area contributed by atoms with E-state index in [0.29, 0.717) is 23.0 Å². The SMILES string of the molecule is COC(=O)c1ccc(Cn2c(SCc3ccccc3)nc(C)cc2=O)cc1. The van der Waals surface area contributed by atoms with Crippen molar-refractivity contribution in [2.45, 2.75) is 24.4 Å². The van der Waals surface area contributed by atoms with Gasteiger partial charge in [-0.2, -0.15) is 0 Å². The van der Waals surface area contributed by atoms with E-state index in [2.05, 4.69) is 17.1 Å². The van der Waals surface area contributed by atoms with E-state index in [-0.39, 0.29) is 11.5 Å². The van der Waals surface area contributed by atoms with Crippen LogP contribution in [0.2, 0.25) is 0 Å². The maximum Gasteiger partial charge on any atom is 0.337 e. The monoisotopic (exact) mass is 380 g/mol. The van der Waals surface area contributed by atoms with Crippen molar-refractivity contribution in [3.8, 4) is 0 Å². The Kier molecular flexibility index (Phi) is 6.08. The van der Waals surface area contributed by atoms with E-state index in [9.17, 15) is 9.59 Å². The van der Waals surface area contributed by atoms with Crippen molar-refractivity contribution in [2.75, 3.05) is 7.11 Å². The molecule has 0 aliphatic heterocycles. The van der Waals surface area contributed by atoms with E-state index in [1.807, 2.05) is 37.3 Å². The Labute approximate surface area is 162 Å². The van der Waals surface area contributed by atoms with Gasteiger partial charge in [0.1, 0.15) is 0 Å². The van der Waals surface area contributed by atoms with Gasteiger partial charge in [0, 0.05) is 17.5 Å². The summed E-state index contributed by atoms with van der Waals surface area (Å²) in [5.74, 6) is 0.354. The topological polar surface area (TPSA) is 61.2 Å². The molecule has 0 aliphatic carbocycles. The van der Waals surface area contributed by atoms with Gasteiger partial charge in [0.05, 0.1) is 19.2 Å². The van der Waals surface area contributed by atoms with Gasteiger partial charge in [-0.1, -0.05) is 54.2 Å². The highest BCUT2D eigenvalue weighted by Gasteiger charge is 2.10. The van der Waals surface area contributed by atoms with Crippen LogP contribution in [0.1, 0.15) is 27.2 Å². The van der Waals surface area contributed by atoms with Crippen LogP contribution in [0.5, 0.6) is 0 Å². The van der Waals surface area contributed by atoms with E-state index in [1.165, 1.54) is 30.5 Å². The predicted molar refractivity (Wildman–Crippen MR) is 106 cm³/mol. The van der Waals surface area contributed by atoms with Crippen LogP contribution < -0.4 is 5.56 Å². The first-order valence-electron chi connectivity index (χ1n) is 8.49. The summed E-state index contributed by atoms with van der Waals surface area (Å²) >= 11 is 1.54. The Bertz CT molecular complexity index is 983. The van der Waals surface area contributed by atoms with Crippen molar-refractivity contribution in [1.82, 2.24) is 9.55 Å². The number of thioether (sulfide) groups is 1. The fraction of sp³-hybridized carbons (Fsp3) is 0.190. The van der Waals surface area contributed by atoms with Crippen LogP contribution in [0.4, 0.5) is 0 Å². The Hall–Kier alpha value is -2.86. The highest BCUT2D eigenvalue weighted by molar-refractivity contribution is 7.98. The summed E-state index contributed by atoms with van der Waals surface area (Å²) in [6.45, 7) is 2.22. The summed E-state index contributed by atoms with van der Waals surface area (Å²) < 4.78 is 6.37. The second kappa shape index (κ2) is 8.68. The van der Waals surface area contributed by atoms with Gasteiger partial charge < -0.3 is 4.74 Å². The quantitative estimate of drug-likeness (QED) is 0.371. The normalized spacial score (nSPS) is 10.6.